The van der Waals surface area contributed by atoms with E-state index in [1.807, 2.05) is 13.8 Å². The summed E-state index contributed by atoms with van der Waals surface area (Å²) in [6.45, 7) is 5.29. The van der Waals surface area contributed by atoms with Gasteiger partial charge >= 0.3 is 5.97 Å². The van der Waals surface area contributed by atoms with Crippen LogP contribution in [0.3, 0.4) is 0 Å². The molecule has 6 nitrogen and oxygen atoms in total. The Labute approximate surface area is 113 Å². The maximum Gasteiger partial charge on any atom is 0.311 e. The van der Waals surface area contributed by atoms with Crippen molar-refractivity contribution in [3.8, 4) is 0 Å². The lowest BCUT2D eigenvalue weighted by Crippen LogP contribution is -2.48. The molecule has 1 heterocycles. The van der Waals surface area contributed by atoms with Gasteiger partial charge in [0.1, 0.15) is 5.92 Å². The van der Waals surface area contributed by atoms with E-state index in [0.717, 1.165) is 12.8 Å². The highest BCUT2D eigenvalue weighted by atomic mass is 16.5. The lowest BCUT2D eigenvalue weighted by molar-refractivity contribution is -0.146. The van der Waals surface area contributed by atoms with Crippen molar-refractivity contribution in [2.45, 2.75) is 32.7 Å². The maximum absolute atomic E-state index is 12.4. The predicted molar refractivity (Wildman–Crippen MR) is 70.6 cm³/mol. The molecule has 1 aliphatic heterocycles. The number of likely N-dealkylation sites (N-methyl/N-ethyl adjacent to an activating group) is 1. The van der Waals surface area contributed by atoms with E-state index in [0.29, 0.717) is 19.7 Å². The fourth-order valence-corrected chi connectivity index (χ4v) is 2.47. The molecule has 0 aromatic rings. The monoisotopic (exact) mass is 272 g/mol. The Morgan fingerprint density at radius 1 is 1.47 bits per heavy atom. The molecule has 0 radical (unpaired) electrons. The van der Waals surface area contributed by atoms with E-state index in [2.05, 4.69) is 0 Å². The van der Waals surface area contributed by atoms with Crippen molar-refractivity contribution in [3.05, 3.63) is 0 Å². The Balaban J connectivity index is 2.70. The second-order valence-corrected chi connectivity index (χ2v) is 5.01. The van der Waals surface area contributed by atoms with E-state index in [4.69, 9.17) is 15.6 Å². The van der Waals surface area contributed by atoms with Gasteiger partial charge in [0.25, 0.3) is 0 Å². The molecule has 3 N–H and O–H groups in total. The molecule has 0 saturated carbocycles. The topological polar surface area (TPSA) is 92.9 Å². The predicted octanol–water partition coefficient (Wildman–Crippen LogP) is 0.310. The van der Waals surface area contributed by atoms with Gasteiger partial charge in [-0.05, 0) is 26.3 Å². The number of carbonyl (C=O) groups excluding carboxylic acids is 1. The molecule has 1 saturated heterocycles. The molecular weight excluding hydrogens is 248 g/mol. The molecule has 3 unspecified atom stereocenters. The number of ether oxygens (including phenoxy) is 1. The first-order valence-electron chi connectivity index (χ1n) is 6.84. The van der Waals surface area contributed by atoms with Gasteiger partial charge < -0.3 is 20.5 Å². The fourth-order valence-electron chi connectivity index (χ4n) is 2.47. The van der Waals surface area contributed by atoms with Gasteiger partial charge in [0.2, 0.25) is 5.91 Å². The third kappa shape index (κ3) is 3.91. The highest BCUT2D eigenvalue weighted by Crippen LogP contribution is 2.22. The van der Waals surface area contributed by atoms with Crippen LogP contribution < -0.4 is 5.73 Å². The number of hydrogen-bond acceptors (Lipinski definition) is 4. The molecule has 0 aromatic carbocycles. The molecule has 3 atom stereocenters. The van der Waals surface area contributed by atoms with Crippen LogP contribution in [-0.2, 0) is 14.3 Å². The van der Waals surface area contributed by atoms with E-state index >= 15 is 0 Å². The van der Waals surface area contributed by atoms with E-state index in [1.165, 1.54) is 0 Å². The molecule has 0 spiro atoms. The molecule has 19 heavy (non-hydrogen) atoms. The Kier molecular flexibility index (Phi) is 6.24. The van der Waals surface area contributed by atoms with Crippen molar-refractivity contribution in [1.82, 2.24) is 4.90 Å². The number of nitrogens with zero attached hydrogens (tertiary/aromatic N) is 1. The summed E-state index contributed by atoms with van der Waals surface area (Å²) >= 11 is 0. The van der Waals surface area contributed by atoms with Gasteiger partial charge in [-0.3, -0.25) is 9.59 Å². The SMILES string of the molecule is CCN(C(=O)C(C)CCCN)C1COCC1C(=O)O. The van der Waals surface area contributed by atoms with Crippen molar-refractivity contribution in [3.63, 3.8) is 0 Å². The van der Waals surface area contributed by atoms with Crippen molar-refractivity contribution in [2.24, 2.45) is 17.6 Å². The zero-order valence-corrected chi connectivity index (χ0v) is 11.7. The summed E-state index contributed by atoms with van der Waals surface area (Å²) in [4.78, 5) is 25.2. The third-order valence-corrected chi connectivity index (χ3v) is 3.65. The fraction of sp³-hybridized carbons (Fsp3) is 0.846. The first-order chi connectivity index (χ1) is 9.02. The molecule has 110 valence electrons. The minimum Gasteiger partial charge on any atom is -0.481 e. The average molecular weight is 272 g/mol. The normalized spacial score (nSPS) is 24.2. The summed E-state index contributed by atoms with van der Waals surface area (Å²) in [7, 11) is 0. The summed E-state index contributed by atoms with van der Waals surface area (Å²) in [5.74, 6) is -1.65. The summed E-state index contributed by atoms with van der Waals surface area (Å²) in [5.41, 5.74) is 5.45. The van der Waals surface area contributed by atoms with Crippen LogP contribution in [-0.4, -0.2) is 54.2 Å². The number of hydrogen-bond donors (Lipinski definition) is 2. The molecule has 1 rings (SSSR count). The Morgan fingerprint density at radius 3 is 2.68 bits per heavy atom. The van der Waals surface area contributed by atoms with Crippen LogP contribution in [0.5, 0.6) is 0 Å². The van der Waals surface area contributed by atoms with Gasteiger partial charge in [0.15, 0.2) is 0 Å². The van der Waals surface area contributed by atoms with E-state index in [1.54, 1.807) is 4.90 Å². The number of rotatable bonds is 7. The number of carbonyl (C=O) groups is 2. The summed E-state index contributed by atoms with van der Waals surface area (Å²) in [5, 5.41) is 9.16. The molecule has 0 bridgehead atoms. The molecule has 0 aromatic heterocycles. The zero-order chi connectivity index (χ0) is 14.4. The van der Waals surface area contributed by atoms with Crippen molar-refractivity contribution in [1.29, 1.82) is 0 Å². The van der Waals surface area contributed by atoms with E-state index in [9.17, 15) is 9.59 Å². The minimum atomic E-state index is -0.900. The van der Waals surface area contributed by atoms with Gasteiger partial charge in [-0.15, -0.1) is 0 Å². The van der Waals surface area contributed by atoms with Crippen molar-refractivity contribution in [2.75, 3.05) is 26.3 Å². The first-order valence-corrected chi connectivity index (χ1v) is 6.84. The van der Waals surface area contributed by atoms with E-state index < -0.39 is 11.9 Å². The van der Waals surface area contributed by atoms with Crippen molar-refractivity contribution < 1.29 is 19.4 Å². The second kappa shape index (κ2) is 7.45. The maximum atomic E-state index is 12.4. The van der Waals surface area contributed by atoms with Crippen LogP contribution in [0.1, 0.15) is 26.7 Å². The molecule has 1 aliphatic rings. The highest BCUT2D eigenvalue weighted by Gasteiger charge is 2.40. The lowest BCUT2D eigenvalue weighted by atomic mass is 9.98. The Morgan fingerprint density at radius 2 is 2.16 bits per heavy atom. The second-order valence-electron chi connectivity index (χ2n) is 5.01. The van der Waals surface area contributed by atoms with Crippen molar-refractivity contribution >= 4 is 11.9 Å². The van der Waals surface area contributed by atoms with Crippen LogP contribution in [0.25, 0.3) is 0 Å². The molecule has 6 heteroatoms. The average Bonchev–Trinajstić information content (AvgIpc) is 2.86. The zero-order valence-electron chi connectivity index (χ0n) is 11.7. The van der Waals surface area contributed by atoms with Gasteiger partial charge in [0.05, 0.1) is 19.3 Å². The van der Waals surface area contributed by atoms with Crippen LogP contribution >= 0.6 is 0 Å². The number of amides is 1. The standard InChI is InChI=1S/C13H24N2O4/c1-3-15(12(16)9(2)5-4-6-14)11-8-19-7-10(11)13(17)18/h9-11H,3-8,14H2,1-2H3,(H,17,18). The quantitative estimate of drug-likeness (QED) is 0.695. The van der Waals surface area contributed by atoms with Gasteiger partial charge in [0, 0.05) is 12.5 Å². The lowest BCUT2D eigenvalue weighted by Gasteiger charge is -2.31. The number of nitrogens with two attached hydrogens (primary N) is 1. The molecule has 1 fully saturated rings. The molecule has 0 aliphatic carbocycles. The summed E-state index contributed by atoms with van der Waals surface area (Å²) < 4.78 is 5.23. The van der Waals surface area contributed by atoms with Gasteiger partial charge in [-0.2, -0.15) is 0 Å². The number of aliphatic carboxylic acids is 1. The largest absolute Gasteiger partial charge is 0.481 e. The molecular formula is C13H24N2O4. The highest BCUT2D eigenvalue weighted by molar-refractivity contribution is 5.80. The third-order valence-electron chi connectivity index (χ3n) is 3.65. The smallest absolute Gasteiger partial charge is 0.311 e. The van der Waals surface area contributed by atoms with Crippen LogP contribution in [0.2, 0.25) is 0 Å². The van der Waals surface area contributed by atoms with Crippen LogP contribution in [0.4, 0.5) is 0 Å². The minimum absolute atomic E-state index is 0.00213. The first kappa shape index (κ1) is 15.9. The van der Waals surface area contributed by atoms with Gasteiger partial charge in [-0.1, -0.05) is 6.92 Å². The number of carboxylic acid groups (broad SMARTS) is 1. The van der Waals surface area contributed by atoms with Crippen LogP contribution in [0, 0.1) is 11.8 Å². The van der Waals surface area contributed by atoms with Gasteiger partial charge in [-0.25, -0.2) is 0 Å². The summed E-state index contributed by atoms with van der Waals surface area (Å²) in [6, 6.07) is -0.352. The van der Waals surface area contributed by atoms with Crippen LogP contribution in [0.15, 0.2) is 0 Å². The van der Waals surface area contributed by atoms with E-state index in [-0.39, 0.29) is 24.5 Å². The Hall–Kier alpha value is -1.14. The number of carboxylic acids is 1. The summed E-state index contributed by atoms with van der Waals surface area (Å²) in [6.07, 6.45) is 1.53. The Bertz CT molecular complexity index is 322. The molecule has 1 amide bonds.